The summed E-state index contributed by atoms with van der Waals surface area (Å²) in [6, 6.07) is 0.994. The second-order valence-corrected chi connectivity index (χ2v) is 8.12. The molecule has 1 aliphatic heterocycles. The highest BCUT2D eigenvalue weighted by molar-refractivity contribution is 6.35. The molecular formula is C20H16Cl2F6N2O. The van der Waals surface area contributed by atoms with Gasteiger partial charge in [-0.15, -0.1) is 0 Å². The highest BCUT2D eigenvalue weighted by Gasteiger charge is 2.47. The van der Waals surface area contributed by atoms with E-state index in [0.717, 1.165) is 0 Å². The van der Waals surface area contributed by atoms with Gasteiger partial charge in [-0.25, -0.2) is 22.5 Å². The van der Waals surface area contributed by atoms with Crippen LogP contribution >= 0.6 is 23.2 Å². The fourth-order valence-electron chi connectivity index (χ4n) is 3.32. The Morgan fingerprint density at radius 2 is 1.61 bits per heavy atom. The molecule has 168 valence electrons. The van der Waals surface area contributed by atoms with Crippen LogP contribution in [0.15, 0.2) is 30.3 Å². The van der Waals surface area contributed by atoms with Crippen LogP contribution in [0.2, 0.25) is 10.0 Å². The average Bonchev–Trinajstić information content (AvgIpc) is 2.70. The van der Waals surface area contributed by atoms with Gasteiger partial charge in [-0.3, -0.25) is 4.79 Å². The van der Waals surface area contributed by atoms with Gasteiger partial charge < -0.3 is 5.32 Å². The molecule has 0 unspecified atom stereocenters. The first kappa shape index (κ1) is 23.7. The molecule has 2 aromatic carbocycles. The Kier molecular flexibility index (Phi) is 6.78. The van der Waals surface area contributed by atoms with Crippen molar-refractivity contribution in [1.82, 2.24) is 10.2 Å². The Morgan fingerprint density at radius 3 is 2.19 bits per heavy atom. The van der Waals surface area contributed by atoms with E-state index in [4.69, 9.17) is 23.2 Å². The van der Waals surface area contributed by atoms with Gasteiger partial charge in [0.1, 0.15) is 5.67 Å². The number of nitrogens with zero attached hydrogens (tertiary/aromatic N) is 1. The number of likely N-dealkylation sites (tertiary alicyclic amines) is 1. The topological polar surface area (TPSA) is 32.3 Å². The van der Waals surface area contributed by atoms with Gasteiger partial charge in [-0.05, 0) is 43.2 Å². The maximum atomic E-state index is 15.0. The van der Waals surface area contributed by atoms with Gasteiger partial charge >= 0.3 is 6.05 Å². The molecule has 3 rings (SSSR count). The largest absolute Gasteiger partial charge is 0.349 e. The van der Waals surface area contributed by atoms with E-state index in [9.17, 15) is 26.7 Å². The van der Waals surface area contributed by atoms with Gasteiger partial charge in [0.2, 0.25) is 0 Å². The molecule has 3 nitrogen and oxygen atoms in total. The van der Waals surface area contributed by atoms with E-state index in [1.165, 1.54) is 18.2 Å². The number of alkyl halides is 3. The summed E-state index contributed by atoms with van der Waals surface area (Å²) in [7, 11) is 0. The molecule has 0 atom stereocenters. The average molecular weight is 485 g/mol. The molecule has 2 aromatic rings. The van der Waals surface area contributed by atoms with Crippen molar-refractivity contribution in [2.75, 3.05) is 19.6 Å². The zero-order chi connectivity index (χ0) is 23.0. The highest BCUT2D eigenvalue weighted by atomic mass is 35.5. The van der Waals surface area contributed by atoms with Crippen LogP contribution in [0.4, 0.5) is 26.3 Å². The molecule has 0 aliphatic carbocycles. The van der Waals surface area contributed by atoms with Crippen LogP contribution in [0.5, 0.6) is 0 Å². The normalized spacial score (nSPS) is 16.9. The molecule has 31 heavy (non-hydrogen) atoms. The smallest absolute Gasteiger partial charge is 0.334 e. The lowest BCUT2D eigenvalue weighted by atomic mass is 9.92. The van der Waals surface area contributed by atoms with E-state index in [0.29, 0.717) is 17.0 Å². The molecule has 0 radical (unpaired) electrons. The molecular weight excluding hydrogens is 469 g/mol. The number of carbonyl (C=O) groups excluding carboxylic acids is 1. The van der Waals surface area contributed by atoms with E-state index in [-0.39, 0.29) is 15.6 Å². The standard InChI is InChI=1S/C20H16Cl2F6N2O/c21-12-7-11(8-13(22)9-12)18(31)29-10-19(26)3-5-30(6-4-19)20(27,28)14-1-2-15(23)17(25)16(14)24/h1-2,7-9H,3-6,10H2,(H,29,31). The van der Waals surface area contributed by atoms with E-state index >= 15 is 4.39 Å². The molecule has 0 saturated carbocycles. The second kappa shape index (κ2) is 8.88. The van der Waals surface area contributed by atoms with Crippen molar-refractivity contribution in [1.29, 1.82) is 0 Å². The van der Waals surface area contributed by atoms with Crippen LogP contribution in [0.25, 0.3) is 0 Å². The molecule has 0 aromatic heterocycles. The van der Waals surface area contributed by atoms with Crippen molar-refractivity contribution in [2.45, 2.75) is 24.6 Å². The van der Waals surface area contributed by atoms with Crippen molar-refractivity contribution in [3.05, 3.63) is 69.0 Å². The predicted octanol–water partition coefficient (Wildman–Crippen LogP) is 5.69. The number of benzene rings is 2. The minimum atomic E-state index is -3.97. The van der Waals surface area contributed by atoms with Crippen molar-refractivity contribution in [2.24, 2.45) is 0 Å². The van der Waals surface area contributed by atoms with Crippen LogP contribution in [-0.4, -0.2) is 36.1 Å². The van der Waals surface area contributed by atoms with Crippen molar-refractivity contribution in [3.8, 4) is 0 Å². The van der Waals surface area contributed by atoms with Crippen LogP contribution in [0.3, 0.4) is 0 Å². The Balaban J connectivity index is 1.64. The number of hydrogen-bond donors (Lipinski definition) is 1. The van der Waals surface area contributed by atoms with Crippen LogP contribution < -0.4 is 5.32 Å². The van der Waals surface area contributed by atoms with E-state index in [2.05, 4.69) is 5.32 Å². The number of piperidine rings is 1. The van der Waals surface area contributed by atoms with E-state index in [1.807, 2.05) is 0 Å². The first-order valence-electron chi connectivity index (χ1n) is 9.13. The lowest BCUT2D eigenvalue weighted by Gasteiger charge is -2.40. The van der Waals surface area contributed by atoms with Crippen molar-refractivity contribution < 1.29 is 31.1 Å². The zero-order valence-corrected chi connectivity index (χ0v) is 17.3. The first-order valence-corrected chi connectivity index (χ1v) is 9.88. The molecule has 1 fully saturated rings. The number of amides is 1. The number of nitrogens with one attached hydrogen (secondary N) is 1. The summed E-state index contributed by atoms with van der Waals surface area (Å²) in [5.41, 5.74) is -3.21. The SMILES string of the molecule is O=C(NCC1(F)CCN(C(F)(F)c2ccc(F)c(F)c2F)CC1)c1cc(Cl)cc(Cl)c1. The third kappa shape index (κ3) is 5.10. The van der Waals surface area contributed by atoms with Gasteiger partial charge in [0.25, 0.3) is 5.91 Å². The summed E-state index contributed by atoms with van der Waals surface area (Å²) in [4.78, 5) is 12.7. The monoisotopic (exact) mass is 484 g/mol. The molecule has 1 N–H and O–H groups in total. The predicted molar refractivity (Wildman–Crippen MR) is 104 cm³/mol. The summed E-state index contributed by atoms with van der Waals surface area (Å²) in [5, 5.41) is 2.81. The third-order valence-corrected chi connectivity index (χ3v) is 5.54. The summed E-state index contributed by atoms with van der Waals surface area (Å²) >= 11 is 11.6. The molecule has 1 heterocycles. The second-order valence-electron chi connectivity index (χ2n) is 7.24. The summed E-state index contributed by atoms with van der Waals surface area (Å²) in [6.07, 6.45) is -0.797. The molecule has 0 spiro atoms. The summed E-state index contributed by atoms with van der Waals surface area (Å²) < 4.78 is 84.6. The number of rotatable bonds is 5. The Morgan fingerprint density at radius 1 is 1.03 bits per heavy atom. The van der Waals surface area contributed by atoms with Gasteiger partial charge in [0.05, 0.1) is 12.1 Å². The van der Waals surface area contributed by atoms with Crippen molar-refractivity contribution in [3.63, 3.8) is 0 Å². The van der Waals surface area contributed by atoms with Gasteiger partial charge in [-0.1, -0.05) is 23.2 Å². The van der Waals surface area contributed by atoms with Gasteiger partial charge in [-0.2, -0.15) is 8.78 Å². The molecule has 11 heteroatoms. The minimum absolute atomic E-state index is 0.110. The van der Waals surface area contributed by atoms with E-state index < -0.39 is 73.1 Å². The first-order chi connectivity index (χ1) is 14.4. The fraction of sp³-hybridized carbons (Fsp3) is 0.350. The molecule has 1 amide bonds. The number of halogens is 8. The fourth-order valence-corrected chi connectivity index (χ4v) is 3.85. The van der Waals surface area contributed by atoms with Crippen LogP contribution in [0.1, 0.15) is 28.8 Å². The lowest BCUT2D eigenvalue weighted by molar-refractivity contribution is -0.174. The number of carbonyl (C=O) groups is 1. The number of hydrogen-bond acceptors (Lipinski definition) is 2. The quantitative estimate of drug-likeness (QED) is 0.335. The maximum Gasteiger partial charge on any atom is 0.334 e. The van der Waals surface area contributed by atoms with Crippen molar-refractivity contribution >= 4 is 29.1 Å². The molecule has 1 aliphatic rings. The van der Waals surface area contributed by atoms with Crippen LogP contribution in [-0.2, 0) is 6.05 Å². The Bertz CT molecular complexity index is 976. The Hall–Kier alpha value is -1.97. The maximum absolute atomic E-state index is 15.0. The van der Waals surface area contributed by atoms with Crippen LogP contribution in [0, 0.1) is 17.5 Å². The third-order valence-electron chi connectivity index (χ3n) is 5.11. The summed E-state index contributed by atoms with van der Waals surface area (Å²) in [6.45, 7) is -1.45. The van der Waals surface area contributed by atoms with Gasteiger partial charge in [0.15, 0.2) is 17.5 Å². The lowest BCUT2D eigenvalue weighted by Crippen LogP contribution is -2.52. The zero-order valence-electron chi connectivity index (χ0n) is 15.8. The Labute approximate surface area is 183 Å². The van der Waals surface area contributed by atoms with E-state index in [1.54, 1.807) is 0 Å². The minimum Gasteiger partial charge on any atom is -0.349 e. The summed E-state index contributed by atoms with van der Waals surface area (Å²) in [5.74, 6) is -6.22. The van der Waals surface area contributed by atoms with Gasteiger partial charge in [0, 0.05) is 28.7 Å². The molecule has 0 bridgehead atoms. The highest BCUT2D eigenvalue weighted by Crippen LogP contribution is 2.39. The molecule has 1 saturated heterocycles.